The predicted molar refractivity (Wildman–Crippen MR) is 67.8 cm³/mol. The molecular formula is C15H14F2O2. The van der Waals surface area contributed by atoms with Crippen LogP contribution in [0.2, 0.25) is 0 Å². The van der Waals surface area contributed by atoms with E-state index in [-0.39, 0.29) is 12.2 Å². The summed E-state index contributed by atoms with van der Waals surface area (Å²) in [6, 6.07) is 10.1. The van der Waals surface area contributed by atoms with Gasteiger partial charge in [0, 0.05) is 5.56 Å². The molecule has 2 aromatic rings. The Labute approximate surface area is 110 Å². The summed E-state index contributed by atoms with van der Waals surface area (Å²) in [7, 11) is 0. The average molecular weight is 264 g/mol. The van der Waals surface area contributed by atoms with Gasteiger partial charge in [-0.05, 0) is 42.8 Å². The third-order valence-electron chi connectivity index (χ3n) is 2.76. The number of hydrogen-bond donors (Lipinski definition) is 1. The Kier molecular flexibility index (Phi) is 4.12. The highest BCUT2D eigenvalue weighted by Gasteiger charge is 2.05. The molecule has 2 rings (SSSR count). The molecule has 0 aliphatic carbocycles. The fourth-order valence-corrected chi connectivity index (χ4v) is 1.66. The van der Waals surface area contributed by atoms with E-state index in [4.69, 9.17) is 4.74 Å². The molecule has 0 aromatic heterocycles. The van der Waals surface area contributed by atoms with Crippen molar-refractivity contribution in [3.8, 4) is 5.75 Å². The molecule has 0 aliphatic rings. The van der Waals surface area contributed by atoms with Crippen LogP contribution >= 0.6 is 0 Å². The predicted octanol–water partition coefficient (Wildman–Crippen LogP) is 3.60. The molecule has 4 heteroatoms. The van der Waals surface area contributed by atoms with Crippen molar-refractivity contribution in [1.82, 2.24) is 0 Å². The first-order valence-electron chi connectivity index (χ1n) is 5.91. The van der Waals surface area contributed by atoms with Crippen molar-refractivity contribution in [1.29, 1.82) is 0 Å². The lowest BCUT2D eigenvalue weighted by Crippen LogP contribution is -1.99. The molecule has 0 bridgehead atoms. The molecule has 2 aromatic carbocycles. The van der Waals surface area contributed by atoms with Crippen molar-refractivity contribution >= 4 is 0 Å². The first kappa shape index (κ1) is 13.5. The molecule has 2 nitrogen and oxygen atoms in total. The lowest BCUT2D eigenvalue weighted by Gasteiger charge is -2.09. The Morgan fingerprint density at radius 3 is 2.42 bits per heavy atom. The largest absolute Gasteiger partial charge is 0.489 e. The third-order valence-corrected chi connectivity index (χ3v) is 2.76. The molecule has 1 unspecified atom stereocenters. The molecule has 19 heavy (non-hydrogen) atoms. The van der Waals surface area contributed by atoms with Crippen LogP contribution in [-0.2, 0) is 6.61 Å². The number of hydrogen-bond acceptors (Lipinski definition) is 2. The molecule has 0 amide bonds. The molecule has 0 aliphatic heterocycles. The number of aliphatic hydroxyl groups is 1. The van der Waals surface area contributed by atoms with E-state index >= 15 is 0 Å². The summed E-state index contributed by atoms with van der Waals surface area (Å²) in [5, 5.41) is 9.36. The molecule has 0 saturated heterocycles. The van der Waals surface area contributed by atoms with Gasteiger partial charge in [0.05, 0.1) is 6.10 Å². The minimum atomic E-state index is -0.547. The molecule has 1 atom stereocenters. The number of aliphatic hydroxyl groups excluding tert-OH is 1. The highest BCUT2D eigenvalue weighted by Crippen LogP contribution is 2.19. The summed E-state index contributed by atoms with van der Waals surface area (Å²) in [5.41, 5.74) is 0.934. The molecule has 0 radical (unpaired) electrons. The topological polar surface area (TPSA) is 29.5 Å². The van der Waals surface area contributed by atoms with Gasteiger partial charge in [0.1, 0.15) is 24.0 Å². The molecule has 0 heterocycles. The molecule has 0 fully saturated rings. The average Bonchev–Trinajstić information content (AvgIpc) is 2.40. The van der Waals surface area contributed by atoms with Gasteiger partial charge in [-0.1, -0.05) is 12.1 Å². The van der Waals surface area contributed by atoms with Crippen LogP contribution < -0.4 is 4.74 Å². The highest BCUT2D eigenvalue weighted by atomic mass is 19.1. The summed E-state index contributed by atoms with van der Waals surface area (Å²) < 4.78 is 31.7. The van der Waals surface area contributed by atoms with Crippen molar-refractivity contribution in [3.63, 3.8) is 0 Å². The van der Waals surface area contributed by atoms with E-state index in [1.165, 1.54) is 0 Å². The lowest BCUT2D eigenvalue weighted by atomic mass is 10.1. The van der Waals surface area contributed by atoms with Gasteiger partial charge in [0.2, 0.25) is 0 Å². The van der Waals surface area contributed by atoms with E-state index < -0.39 is 17.7 Å². The lowest BCUT2D eigenvalue weighted by molar-refractivity contribution is 0.199. The summed E-state index contributed by atoms with van der Waals surface area (Å²) in [4.78, 5) is 0. The maximum absolute atomic E-state index is 13.4. The monoisotopic (exact) mass is 264 g/mol. The Balaban J connectivity index is 2.04. The Bertz CT molecular complexity index is 551. The van der Waals surface area contributed by atoms with Gasteiger partial charge in [0.15, 0.2) is 0 Å². The van der Waals surface area contributed by atoms with Crippen molar-refractivity contribution in [2.24, 2.45) is 0 Å². The van der Waals surface area contributed by atoms with Crippen LogP contribution in [0.1, 0.15) is 24.2 Å². The molecule has 100 valence electrons. The quantitative estimate of drug-likeness (QED) is 0.914. The van der Waals surface area contributed by atoms with E-state index in [9.17, 15) is 13.9 Å². The highest BCUT2D eigenvalue weighted by molar-refractivity contribution is 5.29. The zero-order valence-corrected chi connectivity index (χ0v) is 10.4. The number of benzene rings is 2. The Morgan fingerprint density at radius 1 is 1.11 bits per heavy atom. The number of halogens is 2. The van der Waals surface area contributed by atoms with Crippen LogP contribution in [0.3, 0.4) is 0 Å². The van der Waals surface area contributed by atoms with Gasteiger partial charge < -0.3 is 9.84 Å². The van der Waals surface area contributed by atoms with Crippen molar-refractivity contribution in [2.45, 2.75) is 19.6 Å². The van der Waals surface area contributed by atoms with Crippen LogP contribution in [0.25, 0.3) is 0 Å². The van der Waals surface area contributed by atoms with Gasteiger partial charge in [-0.25, -0.2) is 8.78 Å². The van der Waals surface area contributed by atoms with Crippen LogP contribution in [0.5, 0.6) is 5.75 Å². The van der Waals surface area contributed by atoms with Crippen LogP contribution in [0.15, 0.2) is 42.5 Å². The van der Waals surface area contributed by atoms with E-state index in [1.807, 2.05) is 0 Å². The number of ether oxygens (including phenoxy) is 1. The second-order valence-corrected chi connectivity index (χ2v) is 4.27. The maximum atomic E-state index is 13.4. The van der Waals surface area contributed by atoms with Crippen molar-refractivity contribution in [3.05, 3.63) is 65.2 Å². The zero-order valence-electron chi connectivity index (χ0n) is 10.4. The molecule has 1 N–H and O–H groups in total. The summed E-state index contributed by atoms with van der Waals surface area (Å²) in [5.74, 6) is -0.459. The standard InChI is InChI=1S/C15H14F2O2/c1-10(18)11-2-5-14(6-3-11)19-9-12-8-13(16)4-7-15(12)17/h2-8,10,18H,9H2,1H3. The SMILES string of the molecule is CC(O)c1ccc(OCc2cc(F)ccc2F)cc1. The van der Waals surface area contributed by atoms with Gasteiger partial charge in [-0.15, -0.1) is 0 Å². The van der Waals surface area contributed by atoms with E-state index in [0.717, 1.165) is 23.8 Å². The fraction of sp³-hybridized carbons (Fsp3) is 0.200. The molecule has 0 saturated carbocycles. The smallest absolute Gasteiger partial charge is 0.130 e. The Morgan fingerprint density at radius 2 is 1.79 bits per heavy atom. The van der Waals surface area contributed by atoms with Crippen molar-refractivity contribution in [2.75, 3.05) is 0 Å². The second-order valence-electron chi connectivity index (χ2n) is 4.27. The Hall–Kier alpha value is -1.94. The summed E-state index contributed by atoms with van der Waals surface area (Å²) in [6.45, 7) is 1.62. The first-order chi connectivity index (χ1) is 9.06. The van der Waals surface area contributed by atoms with Gasteiger partial charge in [-0.3, -0.25) is 0 Å². The van der Waals surface area contributed by atoms with Gasteiger partial charge in [0.25, 0.3) is 0 Å². The van der Waals surface area contributed by atoms with Gasteiger partial charge in [-0.2, -0.15) is 0 Å². The minimum Gasteiger partial charge on any atom is -0.489 e. The fourth-order valence-electron chi connectivity index (χ4n) is 1.66. The normalized spacial score (nSPS) is 12.2. The third kappa shape index (κ3) is 3.51. The van der Waals surface area contributed by atoms with Crippen LogP contribution in [-0.4, -0.2) is 5.11 Å². The van der Waals surface area contributed by atoms with Crippen LogP contribution in [0, 0.1) is 11.6 Å². The second kappa shape index (κ2) is 5.80. The van der Waals surface area contributed by atoms with E-state index in [2.05, 4.69) is 0 Å². The van der Waals surface area contributed by atoms with E-state index in [0.29, 0.717) is 5.75 Å². The minimum absolute atomic E-state index is 0.0440. The summed E-state index contributed by atoms with van der Waals surface area (Å²) >= 11 is 0. The molecular weight excluding hydrogens is 250 g/mol. The van der Waals surface area contributed by atoms with Crippen LogP contribution in [0.4, 0.5) is 8.78 Å². The van der Waals surface area contributed by atoms with Crippen molar-refractivity contribution < 1.29 is 18.6 Å². The van der Waals surface area contributed by atoms with Gasteiger partial charge >= 0.3 is 0 Å². The first-order valence-corrected chi connectivity index (χ1v) is 5.91. The maximum Gasteiger partial charge on any atom is 0.130 e. The van der Waals surface area contributed by atoms with E-state index in [1.54, 1.807) is 31.2 Å². The molecule has 0 spiro atoms. The summed E-state index contributed by atoms with van der Waals surface area (Å²) in [6.07, 6.45) is -0.547. The number of rotatable bonds is 4. The zero-order chi connectivity index (χ0) is 13.8.